The second kappa shape index (κ2) is 8.01. The molecule has 2 aromatic carbocycles. The SMILES string of the molecule is Cc1ccc(/C=C2/Oc3ccc([N+](=O)[O-])cc3N(CCCCN)C2=O)cc1. The van der Waals surface area contributed by atoms with Crippen LogP contribution in [0, 0.1) is 17.0 Å². The molecule has 0 unspecified atom stereocenters. The third-order valence-corrected chi connectivity index (χ3v) is 4.33. The monoisotopic (exact) mass is 367 g/mol. The third-order valence-electron chi connectivity index (χ3n) is 4.33. The molecule has 0 fully saturated rings. The maximum atomic E-state index is 13.0. The van der Waals surface area contributed by atoms with Gasteiger partial charge in [0.05, 0.1) is 10.6 Å². The average molecular weight is 367 g/mol. The van der Waals surface area contributed by atoms with E-state index in [2.05, 4.69) is 0 Å². The number of nitro groups is 1. The first-order valence-corrected chi connectivity index (χ1v) is 8.76. The van der Waals surface area contributed by atoms with Gasteiger partial charge in [-0.2, -0.15) is 0 Å². The molecule has 2 N–H and O–H groups in total. The Labute approximate surface area is 157 Å². The molecule has 140 valence electrons. The summed E-state index contributed by atoms with van der Waals surface area (Å²) in [4.78, 5) is 25.1. The number of amides is 1. The number of benzene rings is 2. The van der Waals surface area contributed by atoms with Crippen molar-refractivity contribution >= 4 is 23.4 Å². The molecule has 0 saturated heterocycles. The Balaban J connectivity index is 1.99. The number of non-ortho nitro benzene ring substituents is 1. The van der Waals surface area contributed by atoms with Crippen LogP contribution in [0.5, 0.6) is 5.75 Å². The summed E-state index contributed by atoms with van der Waals surface area (Å²) in [7, 11) is 0. The van der Waals surface area contributed by atoms with Gasteiger partial charge in [-0.3, -0.25) is 14.9 Å². The van der Waals surface area contributed by atoms with Gasteiger partial charge >= 0.3 is 0 Å². The Hall–Kier alpha value is -3.19. The predicted molar refractivity (Wildman–Crippen MR) is 104 cm³/mol. The lowest BCUT2D eigenvalue weighted by atomic mass is 10.1. The number of nitro benzene ring substituents is 1. The summed E-state index contributed by atoms with van der Waals surface area (Å²) in [6, 6.07) is 12.0. The summed E-state index contributed by atoms with van der Waals surface area (Å²) in [6.07, 6.45) is 3.14. The van der Waals surface area contributed by atoms with E-state index in [9.17, 15) is 14.9 Å². The topological polar surface area (TPSA) is 98.7 Å². The van der Waals surface area contributed by atoms with Gasteiger partial charge in [-0.25, -0.2) is 0 Å². The van der Waals surface area contributed by atoms with Gasteiger partial charge < -0.3 is 15.4 Å². The number of unbranched alkanes of at least 4 members (excludes halogenated alkanes) is 1. The van der Waals surface area contributed by atoms with Gasteiger partial charge in [-0.15, -0.1) is 0 Å². The normalized spacial score (nSPS) is 14.8. The number of carbonyl (C=O) groups excluding carboxylic acids is 1. The van der Waals surface area contributed by atoms with Crippen LogP contribution in [0.25, 0.3) is 6.08 Å². The van der Waals surface area contributed by atoms with Crippen LogP contribution in [0.15, 0.2) is 48.2 Å². The molecule has 0 saturated carbocycles. The van der Waals surface area contributed by atoms with Gasteiger partial charge in [0.25, 0.3) is 11.6 Å². The fraction of sp³-hybridized carbons (Fsp3) is 0.250. The van der Waals surface area contributed by atoms with Crippen molar-refractivity contribution in [2.75, 3.05) is 18.0 Å². The molecule has 1 aliphatic rings. The molecule has 0 aromatic heterocycles. The summed E-state index contributed by atoms with van der Waals surface area (Å²) in [5.74, 6) is 0.292. The van der Waals surface area contributed by atoms with Crippen molar-refractivity contribution in [2.45, 2.75) is 19.8 Å². The number of rotatable bonds is 6. The maximum absolute atomic E-state index is 13.0. The van der Waals surface area contributed by atoms with Gasteiger partial charge in [0.15, 0.2) is 11.5 Å². The second-order valence-electron chi connectivity index (χ2n) is 6.38. The van der Waals surface area contributed by atoms with Gasteiger partial charge in [0, 0.05) is 18.7 Å². The highest BCUT2D eigenvalue weighted by Gasteiger charge is 2.31. The molecule has 7 nitrogen and oxygen atoms in total. The molecular formula is C20H21N3O4. The van der Waals surface area contributed by atoms with Crippen LogP contribution in [0.1, 0.15) is 24.0 Å². The number of aryl methyl sites for hydroxylation is 1. The van der Waals surface area contributed by atoms with Gasteiger partial charge in [-0.1, -0.05) is 29.8 Å². The Morgan fingerprint density at radius 3 is 2.59 bits per heavy atom. The number of anilines is 1. The summed E-state index contributed by atoms with van der Waals surface area (Å²) < 4.78 is 5.77. The molecule has 2 aromatic rings. The Bertz CT molecular complexity index is 891. The molecular weight excluding hydrogens is 346 g/mol. The molecule has 0 aliphatic carbocycles. The van der Waals surface area contributed by atoms with Crippen LogP contribution in [0.4, 0.5) is 11.4 Å². The molecule has 1 amide bonds. The highest BCUT2D eigenvalue weighted by Crippen LogP contribution is 2.38. The molecule has 0 bridgehead atoms. The van der Waals surface area contributed by atoms with E-state index in [1.165, 1.54) is 23.1 Å². The largest absolute Gasteiger partial charge is 0.449 e. The highest BCUT2D eigenvalue weighted by molar-refractivity contribution is 6.10. The molecule has 1 heterocycles. The third kappa shape index (κ3) is 4.15. The second-order valence-corrected chi connectivity index (χ2v) is 6.38. The molecule has 27 heavy (non-hydrogen) atoms. The molecule has 1 aliphatic heterocycles. The van der Waals surface area contributed by atoms with Crippen molar-refractivity contribution in [3.8, 4) is 5.75 Å². The average Bonchev–Trinajstić information content (AvgIpc) is 2.66. The summed E-state index contributed by atoms with van der Waals surface area (Å²) >= 11 is 0. The lowest BCUT2D eigenvalue weighted by Crippen LogP contribution is -2.38. The highest BCUT2D eigenvalue weighted by atomic mass is 16.6. The first-order chi connectivity index (χ1) is 13.0. The van der Waals surface area contributed by atoms with Gasteiger partial charge in [-0.05, 0) is 44.0 Å². The van der Waals surface area contributed by atoms with Crippen molar-refractivity contribution in [3.05, 3.63) is 69.5 Å². The van der Waals surface area contributed by atoms with E-state index in [-0.39, 0.29) is 17.4 Å². The Morgan fingerprint density at radius 1 is 1.19 bits per heavy atom. The standard InChI is InChI=1S/C20H21N3O4/c1-14-4-6-15(7-5-14)12-19-20(24)22(11-3-2-10-21)17-13-16(23(25)26)8-9-18(17)27-19/h4-9,12-13H,2-3,10-11,21H2,1H3/b19-12+. The smallest absolute Gasteiger partial charge is 0.294 e. The quantitative estimate of drug-likeness (QED) is 0.365. The fourth-order valence-corrected chi connectivity index (χ4v) is 2.86. The van der Waals surface area contributed by atoms with Crippen LogP contribution in [-0.4, -0.2) is 23.9 Å². The molecule has 0 spiro atoms. The van der Waals surface area contributed by atoms with Crippen LogP contribution in [0.2, 0.25) is 0 Å². The minimum absolute atomic E-state index is 0.0834. The fourth-order valence-electron chi connectivity index (χ4n) is 2.86. The first-order valence-electron chi connectivity index (χ1n) is 8.76. The van der Waals surface area contributed by atoms with Gasteiger partial charge in [0.2, 0.25) is 0 Å². The molecule has 7 heteroatoms. The number of carbonyl (C=O) groups is 1. The van der Waals surface area contributed by atoms with E-state index in [4.69, 9.17) is 10.5 Å². The zero-order valence-electron chi connectivity index (χ0n) is 15.1. The van der Waals surface area contributed by atoms with E-state index in [1.807, 2.05) is 31.2 Å². The van der Waals surface area contributed by atoms with Crippen molar-refractivity contribution in [2.24, 2.45) is 5.73 Å². The number of nitrogens with two attached hydrogens (primary N) is 1. The van der Waals surface area contributed by atoms with Crippen molar-refractivity contribution in [3.63, 3.8) is 0 Å². The number of hydrogen-bond donors (Lipinski definition) is 1. The summed E-state index contributed by atoms with van der Waals surface area (Å²) in [6.45, 7) is 2.92. The number of nitrogens with zero attached hydrogens (tertiary/aromatic N) is 2. The minimum Gasteiger partial charge on any atom is -0.449 e. The van der Waals surface area contributed by atoms with Crippen molar-refractivity contribution in [1.82, 2.24) is 0 Å². The van der Waals surface area contributed by atoms with E-state index in [0.29, 0.717) is 30.9 Å². The summed E-state index contributed by atoms with van der Waals surface area (Å²) in [5, 5.41) is 11.1. The van der Waals surface area contributed by atoms with Crippen molar-refractivity contribution in [1.29, 1.82) is 0 Å². The Kier molecular flexibility index (Phi) is 5.52. The van der Waals surface area contributed by atoms with Crippen LogP contribution >= 0.6 is 0 Å². The number of fused-ring (bicyclic) bond motifs is 1. The van der Waals surface area contributed by atoms with E-state index in [1.54, 1.807) is 6.08 Å². The zero-order valence-corrected chi connectivity index (χ0v) is 15.1. The lowest BCUT2D eigenvalue weighted by molar-refractivity contribution is -0.384. The lowest BCUT2D eigenvalue weighted by Gasteiger charge is -2.30. The maximum Gasteiger partial charge on any atom is 0.294 e. The van der Waals surface area contributed by atoms with Gasteiger partial charge in [0.1, 0.15) is 0 Å². The van der Waals surface area contributed by atoms with Crippen molar-refractivity contribution < 1.29 is 14.5 Å². The van der Waals surface area contributed by atoms with E-state index >= 15 is 0 Å². The molecule has 0 atom stereocenters. The Morgan fingerprint density at radius 2 is 1.93 bits per heavy atom. The van der Waals surface area contributed by atoms with E-state index in [0.717, 1.165) is 17.5 Å². The van der Waals surface area contributed by atoms with Crippen LogP contribution in [0.3, 0.4) is 0 Å². The predicted octanol–water partition coefficient (Wildman–Crippen LogP) is 3.41. The van der Waals surface area contributed by atoms with Crippen LogP contribution in [-0.2, 0) is 4.79 Å². The molecule has 0 radical (unpaired) electrons. The molecule has 3 rings (SSSR count). The van der Waals surface area contributed by atoms with Crippen LogP contribution < -0.4 is 15.4 Å². The van der Waals surface area contributed by atoms with E-state index < -0.39 is 4.92 Å². The minimum atomic E-state index is -0.486. The summed E-state index contributed by atoms with van der Waals surface area (Å²) in [5.41, 5.74) is 7.84. The number of ether oxygens (including phenoxy) is 1. The number of hydrogen-bond acceptors (Lipinski definition) is 5. The first kappa shape index (κ1) is 18.6. The zero-order chi connectivity index (χ0) is 19.4.